The summed E-state index contributed by atoms with van der Waals surface area (Å²) in [4.78, 5) is 14.0. The van der Waals surface area contributed by atoms with Crippen molar-refractivity contribution in [3.63, 3.8) is 0 Å². The Kier molecular flexibility index (Phi) is 4.57. The fourth-order valence-corrected chi connectivity index (χ4v) is 2.61. The van der Waals surface area contributed by atoms with E-state index in [0.717, 1.165) is 5.56 Å². The topological polar surface area (TPSA) is 59.4 Å². The van der Waals surface area contributed by atoms with E-state index in [2.05, 4.69) is 10.4 Å². The number of hydrogen-bond donors (Lipinski definition) is 1. The second-order valence-corrected chi connectivity index (χ2v) is 5.51. The van der Waals surface area contributed by atoms with Crippen LogP contribution in [-0.4, -0.2) is 46.8 Å². The highest BCUT2D eigenvalue weighted by Crippen LogP contribution is 2.18. The molecule has 1 aliphatic heterocycles. The van der Waals surface area contributed by atoms with Crippen LogP contribution in [-0.2, 0) is 11.8 Å². The quantitative estimate of drug-likeness (QED) is 0.917. The summed E-state index contributed by atoms with van der Waals surface area (Å²) < 4.78 is 20.5. The first-order valence-corrected chi connectivity index (χ1v) is 7.50. The van der Waals surface area contributed by atoms with Gasteiger partial charge in [-0.15, -0.1) is 0 Å². The number of benzene rings is 1. The molecule has 2 heterocycles. The molecule has 1 aromatic heterocycles. The van der Waals surface area contributed by atoms with Crippen LogP contribution in [0.1, 0.15) is 11.6 Å². The third-order valence-electron chi connectivity index (χ3n) is 3.84. The average molecular weight is 318 g/mol. The van der Waals surface area contributed by atoms with E-state index < -0.39 is 5.82 Å². The Morgan fingerprint density at radius 3 is 3.04 bits per heavy atom. The van der Waals surface area contributed by atoms with Crippen molar-refractivity contribution in [2.45, 2.75) is 6.04 Å². The third-order valence-corrected chi connectivity index (χ3v) is 3.84. The average Bonchev–Trinajstić information content (AvgIpc) is 3.00. The van der Waals surface area contributed by atoms with Crippen molar-refractivity contribution in [1.82, 2.24) is 20.0 Å². The zero-order valence-electron chi connectivity index (χ0n) is 12.9. The van der Waals surface area contributed by atoms with E-state index in [-0.39, 0.29) is 24.3 Å². The van der Waals surface area contributed by atoms with Crippen LogP contribution in [0.15, 0.2) is 36.7 Å². The SMILES string of the molecule is Cn1cc([C@@H]2CN(C(=O)COc3ccccc3F)CCN2)cn1. The fraction of sp³-hybridized carbons (Fsp3) is 0.375. The van der Waals surface area contributed by atoms with Crippen molar-refractivity contribution in [1.29, 1.82) is 0 Å². The van der Waals surface area contributed by atoms with Gasteiger partial charge in [-0.05, 0) is 12.1 Å². The fourth-order valence-electron chi connectivity index (χ4n) is 2.61. The van der Waals surface area contributed by atoms with Gasteiger partial charge in [0.1, 0.15) is 0 Å². The van der Waals surface area contributed by atoms with E-state index in [1.165, 1.54) is 12.1 Å². The Bertz CT molecular complexity index is 688. The summed E-state index contributed by atoms with van der Waals surface area (Å²) in [5.41, 5.74) is 1.04. The number of para-hydroxylation sites is 1. The maximum atomic E-state index is 13.5. The van der Waals surface area contributed by atoms with Gasteiger partial charge in [-0.25, -0.2) is 4.39 Å². The van der Waals surface area contributed by atoms with Gasteiger partial charge in [-0.1, -0.05) is 12.1 Å². The molecule has 0 saturated carbocycles. The molecule has 23 heavy (non-hydrogen) atoms. The number of rotatable bonds is 4. The largest absolute Gasteiger partial charge is 0.481 e. The van der Waals surface area contributed by atoms with Gasteiger partial charge in [0, 0.05) is 38.4 Å². The number of aryl methyl sites for hydroxylation is 1. The Morgan fingerprint density at radius 1 is 1.48 bits per heavy atom. The van der Waals surface area contributed by atoms with Crippen LogP contribution in [0, 0.1) is 5.82 Å². The number of piperazine rings is 1. The van der Waals surface area contributed by atoms with Crippen LogP contribution in [0.25, 0.3) is 0 Å². The minimum Gasteiger partial charge on any atom is -0.481 e. The molecule has 3 rings (SSSR count). The van der Waals surface area contributed by atoms with Crippen molar-refractivity contribution >= 4 is 5.91 Å². The van der Waals surface area contributed by atoms with Gasteiger partial charge in [0.15, 0.2) is 18.2 Å². The van der Waals surface area contributed by atoms with Gasteiger partial charge in [0.25, 0.3) is 5.91 Å². The number of amides is 1. The van der Waals surface area contributed by atoms with Gasteiger partial charge < -0.3 is 15.0 Å². The summed E-state index contributed by atoms with van der Waals surface area (Å²) in [5.74, 6) is -0.516. The monoisotopic (exact) mass is 318 g/mol. The van der Waals surface area contributed by atoms with E-state index >= 15 is 0 Å². The first kappa shape index (κ1) is 15.5. The molecule has 6 nitrogen and oxygen atoms in total. The number of aromatic nitrogens is 2. The first-order valence-electron chi connectivity index (χ1n) is 7.50. The number of ether oxygens (including phenoxy) is 1. The van der Waals surface area contributed by atoms with Crippen LogP contribution in [0.5, 0.6) is 5.75 Å². The lowest BCUT2D eigenvalue weighted by Gasteiger charge is -2.33. The molecule has 7 heteroatoms. The molecule has 1 aromatic carbocycles. The Hall–Kier alpha value is -2.41. The Balaban J connectivity index is 1.58. The molecule has 1 N–H and O–H groups in total. The maximum absolute atomic E-state index is 13.5. The van der Waals surface area contributed by atoms with Gasteiger partial charge in [0.2, 0.25) is 0 Å². The van der Waals surface area contributed by atoms with Gasteiger partial charge >= 0.3 is 0 Å². The molecule has 0 bridgehead atoms. The molecular weight excluding hydrogens is 299 g/mol. The van der Waals surface area contributed by atoms with Crippen LogP contribution < -0.4 is 10.1 Å². The maximum Gasteiger partial charge on any atom is 0.260 e. The number of carbonyl (C=O) groups is 1. The molecule has 122 valence electrons. The normalized spacial score (nSPS) is 18.0. The Morgan fingerprint density at radius 2 is 2.30 bits per heavy atom. The molecule has 1 aliphatic rings. The van der Waals surface area contributed by atoms with Crippen LogP contribution >= 0.6 is 0 Å². The van der Waals surface area contributed by atoms with Crippen LogP contribution in [0.4, 0.5) is 4.39 Å². The number of nitrogens with one attached hydrogen (secondary N) is 1. The highest BCUT2D eigenvalue weighted by atomic mass is 19.1. The van der Waals surface area contributed by atoms with Gasteiger partial charge in [-0.2, -0.15) is 5.10 Å². The predicted octanol–water partition coefficient (Wildman–Crippen LogP) is 1.11. The molecule has 0 unspecified atom stereocenters. The molecule has 0 spiro atoms. The number of carbonyl (C=O) groups excluding carboxylic acids is 1. The molecule has 1 amide bonds. The van der Waals surface area contributed by atoms with Crippen LogP contribution in [0.2, 0.25) is 0 Å². The van der Waals surface area contributed by atoms with E-state index in [1.54, 1.807) is 27.9 Å². The minimum atomic E-state index is -0.464. The lowest BCUT2D eigenvalue weighted by Crippen LogP contribution is -2.49. The van der Waals surface area contributed by atoms with Gasteiger partial charge in [-0.3, -0.25) is 9.48 Å². The lowest BCUT2D eigenvalue weighted by molar-refractivity contribution is -0.134. The predicted molar refractivity (Wildman–Crippen MR) is 82.4 cm³/mol. The molecule has 2 aromatic rings. The highest BCUT2D eigenvalue weighted by Gasteiger charge is 2.25. The summed E-state index contributed by atoms with van der Waals surface area (Å²) in [5, 5.41) is 7.52. The standard InChI is InChI=1S/C16H19FN4O2/c1-20-9-12(8-19-20)14-10-21(7-6-18-14)16(22)11-23-15-5-3-2-4-13(15)17/h2-5,8-9,14,18H,6-7,10-11H2,1H3/t14-/m0/s1. The van der Waals surface area contributed by atoms with Crippen molar-refractivity contribution in [2.24, 2.45) is 7.05 Å². The second kappa shape index (κ2) is 6.78. The zero-order valence-corrected chi connectivity index (χ0v) is 12.9. The van der Waals surface area contributed by atoms with Crippen molar-refractivity contribution in [3.05, 3.63) is 48.0 Å². The minimum absolute atomic E-state index is 0.0508. The highest BCUT2D eigenvalue weighted by molar-refractivity contribution is 5.78. The van der Waals surface area contributed by atoms with E-state index in [1.807, 2.05) is 13.2 Å². The third kappa shape index (κ3) is 3.68. The van der Waals surface area contributed by atoms with Crippen molar-refractivity contribution in [3.8, 4) is 5.75 Å². The van der Waals surface area contributed by atoms with E-state index in [0.29, 0.717) is 19.6 Å². The summed E-state index contributed by atoms with van der Waals surface area (Å²) in [6.07, 6.45) is 3.73. The smallest absolute Gasteiger partial charge is 0.260 e. The lowest BCUT2D eigenvalue weighted by atomic mass is 10.1. The van der Waals surface area contributed by atoms with Gasteiger partial charge in [0.05, 0.1) is 12.2 Å². The Labute approximate surface area is 133 Å². The number of nitrogens with zero attached hydrogens (tertiary/aromatic N) is 3. The van der Waals surface area contributed by atoms with Crippen molar-refractivity contribution < 1.29 is 13.9 Å². The second-order valence-electron chi connectivity index (χ2n) is 5.51. The van der Waals surface area contributed by atoms with E-state index in [9.17, 15) is 9.18 Å². The summed E-state index contributed by atoms with van der Waals surface area (Å²) in [6.45, 7) is 1.69. The molecule has 1 atom stereocenters. The van der Waals surface area contributed by atoms with Crippen LogP contribution in [0.3, 0.4) is 0 Å². The first-order chi connectivity index (χ1) is 11.1. The molecule has 0 radical (unpaired) electrons. The number of hydrogen-bond acceptors (Lipinski definition) is 4. The van der Waals surface area contributed by atoms with E-state index in [4.69, 9.17) is 4.74 Å². The molecule has 1 saturated heterocycles. The summed E-state index contributed by atoms with van der Waals surface area (Å²) >= 11 is 0. The molecular formula is C16H19FN4O2. The molecule has 0 aliphatic carbocycles. The number of halogens is 1. The molecule has 1 fully saturated rings. The van der Waals surface area contributed by atoms with Crippen molar-refractivity contribution in [2.75, 3.05) is 26.2 Å². The zero-order chi connectivity index (χ0) is 16.2. The summed E-state index contributed by atoms with van der Waals surface area (Å²) in [6, 6.07) is 6.13. The summed E-state index contributed by atoms with van der Waals surface area (Å²) in [7, 11) is 1.86.